The van der Waals surface area contributed by atoms with Crippen molar-refractivity contribution < 1.29 is 16.4 Å². The largest absolute Gasteiger partial charge is 0.309 e. The summed E-state index contributed by atoms with van der Waals surface area (Å²) in [7, 11) is 0. The van der Waals surface area contributed by atoms with E-state index in [-0.39, 0.29) is 33.4 Å². The summed E-state index contributed by atoms with van der Waals surface area (Å²) in [6.45, 7) is 0. The fraction of sp³-hybridized carbons (Fsp3) is 0. The van der Waals surface area contributed by atoms with Crippen LogP contribution in [0.1, 0.15) is 16.4 Å². The van der Waals surface area contributed by atoms with Crippen LogP contribution in [0.4, 0.5) is 0 Å². The van der Waals surface area contributed by atoms with Crippen LogP contribution >= 0.6 is 0 Å². The summed E-state index contributed by atoms with van der Waals surface area (Å²) >= 11 is 0. The minimum atomic E-state index is -0.702. The van der Waals surface area contributed by atoms with Gasteiger partial charge in [-0.25, -0.2) is 15.0 Å². The lowest BCUT2D eigenvalue weighted by atomic mass is 10.0. The molecule has 230 valence electrons. The number of aromatic nitrogens is 5. The molecule has 9 aromatic rings. The van der Waals surface area contributed by atoms with Crippen LogP contribution in [0.25, 0.3) is 83.9 Å². The number of benzene rings is 6. The van der Waals surface area contributed by atoms with Gasteiger partial charge >= 0.3 is 0 Å². The molecule has 0 aliphatic heterocycles. The first-order valence-corrected chi connectivity index (χ1v) is 15.3. The van der Waals surface area contributed by atoms with Crippen molar-refractivity contribution in [3.05, 3.63) is 176 Å². The van der Waals surface area contributed by atoms with Crippen LogP contribution in [0.2, 0.25) is 0 Å². The second-order valence-electron chi connectivity index (χ2n) is 11.1. The minimum Gasteiger partial charge on any atom is -0.309 e. The second-order valence-corrected chi connectivity index (χ2v) is 11.1. The van der Waals surface area contributed by atoms with E-state index in [2.05, 4.69) is 4.98 Å². The Kier molecular flexibility index (Phi) is 4.60. The maximum absolute atomic E-state index is 9.52. The maximum atomic E-state index is 9.52. The van der Waals surface area contributed by atoms with Crippen LogP contribution in [0.3, 0.4) is 0 Å². The zero-order valence-corrected chi connectivity index (χ0v) is 25.6. The molecular weight excluding hydrogens is 599 g/mol. The smallest absolute Gasteiger partial charge is 0.164 e. The molecule has 5 heteroatoms. The lowest BCUT2D eigenvalue weighted by Crippen LogP contribution is -2.00. The molecule has 0 saturated carbocycles. The highest BCUT2D eigenvalue weighted by atomic mass is 15.0. The Morgan fingerprint density at radius 2 is 0.980 bits per heavy atom. The molecule has 0 N–H and O–H groups in total. The van der Waals surface area contributed by atoms with E-state index >= 15 is 0 Å². The van der Waals surface area contributed by atoms with Crippen LogP contribution in [0, 0.1) is 0 Å². The molecule has 9 rings (SSSR count). The van der Waals surface area contributed by atoms with Gasteiger partial charge in [-0.1, -0.05) is 127 Å². The summed E-state index contributed by atoms with van der Waals surface area (Å²) in [5.41, 5.74) is 3.31. The molecular formula is C44H29N5. The van der Waals surface area contributed by atoms with Crippen molar-refractivity contribution in [2.45, 2.75) is 0 Å². The minimum absolute atomic E-state index is 0.0217. The average Bonchev–Trinajstić information content (AvgIpc) is 3.65. The molecule has 0 atom stereocenters. The normalized spacial score (nSPS) is 14.7. The molecule has 6 aromatic carbocycles. The second kappa shape index (κ2) is 12.1. The van der Waals surface area contributed by atoms with Gasteiger partial charge in [-0.05, 0) is 58.5 Å². The van der Waals surface area contributed by atoms with E-state index in [1.54, 1.807) is 36.7 Å². The third kappa shape index (κ3) is 5.33. The first-order valence-electron chi connectivity index (χ1n) is 21.3. The number of nitrogens with zero attached hydrogens (tertiary/aromatic N) is 5. The highest BCUT2D eigenvalue weighted by Gasteiger charge is 2.15. The van der Waals surface area contributed by atoms with Crippen molar-refractivity contribution >= 4 is 21.8 Å². The van der Waals surface area contributed by atoms with E-state index in [9.17, 15) is 4.11 Å². The number of rotatable bonds is 6. The Hall–Kier alpha value is -6.72. The van der Waals surface area contributed by atoms with Crippen molar-refractivity contribution in [3.8, 4) is 62.1 Å². The molecule has 3 aromatic heterocycles. The molecule has 5 nitrogen and oxygen atoms in total. The Balaban J connectivity index is 1.22. The molecule has 3 heterocycles. The van der Waals surface area contributed by atoms with E-state index in [0.717, 1.165) is 26.8 Å². The van der Waals surface area contributed by atoms with E-state index in [0.29, 0.717) is 28.6 Å². The molecule has 0 aliphatic rings. The molecule has 0 fully saturated rings. The van der Waals surface area contributed by atoms with Gasteiger partial charge in [-0.2, -0.15) is 0 Å². The zero-order chi connectivity index (χ0) is 43.0. The van der Waals surface area contributed by atoms with Crippen molar-refractivity contribution in [1.29, 1.82) is 0 Å². The average molecular weight is 640 g/mol. The third-order valence-corrected chi connectivity index (χ3v) is 8.11. The lowest BCUT2D eigenvalue weighted by molar-refractivity contribution is 1.07. The maximum Gasteiger partial charge on any atom is 0.164 e. The summed E-state index contributed by atoms with van der Waals surface area (Å²) in [5.74, 6) is 1.21. The summed E-state index contributed by atoms with van der Waals surface area (Å²) < 4.78 is 106. The number of para-hydroxylation sites is 2. The van der Waals surface area contributed by atoms with Gasteiger partial charge in [-0.3, -0.25) is 4.98 Å². The van der Waals surface area contributed by atoms with E-state index in [4.69, 9.17) is 27.3 Å². The molecule has 0 saturated heterocycles. The summed E-state index contributed by atoms with van der Waals surface area (Å²) in [5, 5.41) is -0.332. The van der Waals surface area contributed by atoms with Gasteiger partial charge < -0.3 is 4.57 Å². The number of hydrogen-bond acceptors (Lipinski definition) is 4. The molecule has 0 unspecified atom stereocenters. The quantitative estimate of drug-likeness (QED) is 0.182. The monoisotopic (exact) mass is 639 g/mol. The highest BCUT2D eigenvalue weighted by Crippen LogP contribution is 2.35. The number of pyridine rings is 1. The molecule has 0 radical (unpaired) electrons. The predicted molar refractivity (Wildman–Crippen MR) is 199 cm³/mol. The Bertz CT molecular complexity index is 3220. The third-order valence-electron chi connectivity index (χ3n) is 8.11. The van der Waals surface area contributed by atoms with Crippen molar-refractivity contribution in [3.63, 3.8) is 0 Å². The van der Waals surface area contributed by atoms with Gasteiger partial charge in [0.1, 0.15) is 0 Å². The first kappa shape index (κ1) is 18.6. The fourth-order valence-corrected chi connectivity index (χ4v) is 5.72. The van der Waals surface area contributed by atoms with Crippen LogP contribution in [-0.2, 0) is 0 Å². The zero-order valence-electron chi connectivity index (χ0n) is 37.6. The number of hydrogen-bond donors (Lipinski definition) is 0. The molecule has 0 amide bonds. The van der Waals surface area contributed by atoms with Gasteiger partial charge in [0.15, 0.2) is 17.5 Å². The van der Waals surface area contributed by atoms with Crippen LogP contribution in [0.15, 0.2) is 176 Å². The summed E-state index contributed by atoms with van der Waals surface area (Å²) in [4.78, 5) is 18.7. The summed E-state index contributed by atoms with van der Waals surface area (Å²) in [6.07, 6.45) is 3.50. The molecule has 0 aliphatic carbocycles. The van der Waals surface area contributed by atoms with Gasteiger partial charge in [0.05, 0.1) is 27.5 Å². The molecule has 49 heavy (non-hydrogen) atoms. The van der Waals surface area contributed by atoms with Gasteiger partial charge in [0, 0.05) is 45.5 Å². The first-order chi connectivity index (χ1) is 29.3. The van der Waals surface area contributed by atoms with Gasteiger partial charge in [-0.15, -0.1) is 0 Å². The van der Waals surface area contributed by atoms with E-state index in [1.807, 2.05) is 66.7 Å². The lowest BCUT2D eigenvalue weighted by Gasteiger charge is -2.10. The Labute approximate surface area is 300 Å². The van der Waals surface area contributed by atoms with Crippen molar-refractivity contribution in [2.75, 3.05) is 0 Å². The van der Waals surface area contributed by atoms with E-state index in [1.165, 1.54) is 0 Å². The highest BCUT2D eigenvalue weighted by molar-refractivity contribution is 6.10. The Morgan fingerprint density at radius 3 is 1.63 bits per heavy atom. The van der Waals surface area contributed by atoms with E-state index < -0.39 is 72.2 Å². The van der Waals surface area contributed by atoms with Crippen molar-refractivity contribution in [1.82, 2.24) is 24.5 Å². The molecule has 0 spiro atoms. The van der Waals surface area contributed by atoms with Crippen LogP contribution in [0.5, 0.6) is 0 Å². The summed E-state index contributed by atoms with van der Waals surface area (Å²) in [6, 6.07) is 20.6. The standard InChI is InChI=1S/C44H29N5/c1-3-10-32(11-4-1)42-46-43(48-44(47-42)34-23-19-31(20-24-34)36-12-9-27-45-29-36)33-21-17-30(18-22-33)35-25-26-41-39(28-35)38-15-7-8-16-40(38)49(41)37-13-5-2-6-14-37/h1-29H/i2D,5D,6D,7D,8D,13D,14D,15D,16D,25D,26D,28D. The number of fused-ring (bicyclic) bond motifs is 3. The van der Waals surface area contributed by atoms with Crippen LogP contribution in [-0.4, -0.2) is 24.5 Å². The fourth-order valence-electron chi connectivity index (χ4n) is 5.72. The van der Waals surface area contributed by atoms with Crippen LogP contribution < -0.4 is 0 Å². The Morgan fingerprint density at radius 1 is 0.429 bits per heavy atom. The predicted octanol–water partition coefficient (Wildman–Crippen LogP) is 10.7. The van der Waals surface area contributed by atoms with Crippen molar-refractivity contribution in [2.24, 2.45) is 0 Å². The van der Waals surface area contributed by atoms with Gasteiger partial charge in [0.25, 0.3) is 0 Å². The molecule has 0 bridgehead atoms. The van der Waals surface area contributed by atoms with Gasteiger partial charge in [0.2, 0.25) is 0 Å². The SMILES string of the molecule is [2H]c1c([2H])c([2H])c(-n2c3c([2H])c([2H])c([2H])c([2H])c3c3c([2H])c(-c4ccc(-c5nc(-c6ccccc6)nc(-c6ccc(-c7cccnc7)cc6)n5)cc4)c([2H])c([2H])c32)c([2H])c1[2H]. The topological polar surface area (TPSA) is 56.5 Å².